The lowest BCUT2D eigenvalue weighted by atomic mass is 10.0. The summed E-state index contributed by atoms with van der Waals surface area (Å²) in [5, 5.41) is 4.04. The van der Waals surface area contributed by atoms with Crippen LogP contribution in [0.4, 0.5) is 0 Å². The molecular weight excluding hydrogens is 340 g/mol. The first-order valence-corrected chi connectivity index (χ1v) is 9.25. The van der Waals surface area contributed by atoms with Gasteiger partial charge in [0.1, 0.15) is 5.75 Å². The average Bonchev–Trinajstić information content (AvgIpc) is 3.17. The Labute approximate surface area is 159 Å². The van der Waals surface area contributed by atoms with Gasteiger partial charge < -0.3 is 9.26 Å². The quantitative estimate of drug-likeness (QED) is 0.670. The molecule has 1 aromatic heterocycles. The van der Waals surface area contributed by atoms with Gasteiger partial charge in [0.2, 0.25) is 11.7 Å². The van der Waals surface area contributed by atoms with Crippen molar-refractivity contribution in [1.82, 2.24) is 19.9 Å². The van der Waals surface area contributed by atoms with Crippen LogP contribution < -0.4 is 4.74 Å². The highest BCUT2D eigenvalue weighted by molar-refractivity contribution is 5.21. The molecule has 6 heteroatoms. The Bertz CT molecular complexity index is 838. The summed E-state index contributed by atoms with van der Waals surface area (Å²) in [6.45, 7) is 3.91. The smallest absolute Gasteiger partial charge is 0.240 e. The molecule has 1 unspecified atom stereocenters. The van der Waals surface area contributed by atoms with Crippen molar-refractivity contribution >= 4 is 0 Å². The molecule has 0 bridgehead atoms. The Morgan fingerprint density at radius 1 is 1.04 bits per heavy atom. The zero-order valence-electron chi connectivity index (χ0n) is 15.5. The molecule has 2 aromatic carbocycles. The van der Waals surface area contributed by atoms with Crippen molar-refractivity contribution in [2.45, 2.75) is 19.2 Å². The van der Waals surface area contributed by atoms with Crippen molar-refractivity contribution in [2.75, 3.05) is 26.7 Å². The number of likely N-dealkylation sites (N-methyl/N-ethyl adjacent to an activating group) is 1. The van der Waals surface area contributed by atoms with E-state index in [4.69, 9.17) is 9.26 Å². The van der Waals surface area contributed by atoms with E-state index >= 15 is 0 Å². The molecule has 1 saturated heterocycles. The van der Waals surface area contributed by atoms with Gasteiger partial charge in [0, 0.05) is 25.7 Å². The Kier molecular flexibility index (Phi) is 5.46. The van der Waals surface area contributed by atoms with E-state index in [1.54, 1.807) is 0 Å². The molecule has 27 heavy (non-hydrogen) atoms. The molecule has 0 radical (unpaired) electrons. The summed E-state index contributed by atoms with van der Waals surface area (Å²) in [4.78, 5) is 9.25. The molecule has 1 aliphatic heterocycles. The molecule has 6 nitrogen and oxygen atoms in total. The Morgan fingerprint density at radius 2 is 1.78 bits per heavy atom. The highest BCUT2D eigenvalue weighted by Crippen LogP contribution is 2.24. The number of rotatable bonds is 6. The summed E-state index contributed by atoms with van der Waals surface area (Å²) in [6.07, 6.45) is 0. The minimum Gasteiger partial charge on any atom is -0.485 e. The molecule has 0 saturated carbocycles. The van der Waals surface area contributed by atoms with Gasteiger partial charge in [-0.3, -0.25) is 9.80 Å². The van der Waals surface area contributed by atoms with Gasteiger partial charge >= 0.3 is 0 Å². The summed E-state index contributed by atoms with van der Waals surface area (Å²) < 4.78 is 11.1. The SMILES string of the molecule is CN1CCN(Cc2nc(COc3ccccc3)no2)CC1c1ccccc1. The zero-order chi connectivity index (χ0) is 18.5. The molecule has 1 aliphatic rings. The molecule has 2 heterocycles. The molecular formula is C21H24N4O2. The summed E-state index contributed by atoms with van der Waals surface area (Å²) in [6, 6.07) is 20.7. The van der Waals surface area contributed by atoms with Crippen LogP contribution >= 0.6 is 0 Å². The van der Waals surface area contributed by atoms with E-state index in [1.165, 1.54) is 5.56 Å². The van der Waals surface area contributed by atoms with Crippen LogP contribution in [0.2, 0.25) is 0 Å². The molecule has 1 fully saturated rings. The number of para-hydroxylation sites is 1. The average molecular weight is 364 g/mol. The number of piperazine rings is 1. The molecule has 1 atom stereocenters. The first kappa shape index (κ1) is 17.7. The lowest BCUT2D eigenvalue weighted by Crippen LogP contribution is -2.46. The standard InChI is InChI=1S/C21H24N4O2/c1-24-12-13-25(14-19(24)17-8-4-2-5-9-17)15-21-22-20(23-27-21)16-26-18-10-6-3-7-11-18/h2-11,19H,12-16H2,1H3. The predicted octanol–water partition coefficient (Wildman–Crippen LogP) is 3.14. The number of hydrogen-bond donors (Lipinski definition) is 0. The van der Waals surface area contributed by atoms with Crippen molar-refractivity contribution in [3.63, 3.8) is 0 Å². The molecule has 0 N–H and O–H groups in total. The summed E-state index contributed by atoms with van der Waals surface area (Å²) in [5.74, 6) is 2.01. The second-order valence-corrected chi connectivity index (χ2v) is 6.85. The van der Waals surface area contributed by atoms with Crippen molar-refractivity contribution in [1.29, 1.82) is 0 Å². The Hall–Kier alpha value is -2.70. The third-order valence-electron chi connectivity index (χ3n) is 4.90. The van der Waals surface area contributed by atoms with Gasteiger partial charge in [-0.05, 0) is 24.7 Å². The van der Waals surface area contributed by atoms with Crippen molar-refractivity contribution in [2.24, 2.45) is 0 Å². The van der Waals surface area contributed by atoms with E-state index in [0.717, 1.165) is 25.4 Å². The topological polar surface area (TPSA) is 54.6 Å². The number of nitrogens with zero attached hydrogens (tertiary/aromatic N) is 4. The van der Waals surface area contributed by atoms with Gasteiger partial charge in [-0.1, -0.05) is 53.7 Å². The summed E-state index contributed by atoms with van der Waals surface area (Å²) >= 11 is 0. The largest absolute Gasteiger partial charge is 0.485 e. The second-order valence-electron chi connectivity index (χ2n) is 6.85. The third kappa shape index (κ3) is 4.53. The highest BCUT2D eigenvalue weighted by Gasteiger charge is 2.26. The lowest BCUT2D eigenvalue weighted by molar-refractivity contribution is 0.0825. The Morgan fingerprint density at radius 3 is 2.56 bits per heavy atom. The number of ether oxygens (including phenoxy) is 1. The third-order valence-corrected chi connectivity index (χ3v) is 4.90. The first-order chi connectivity index (χ1) is 13.3. The van der Waals surface area contributed by atoms with E-state index in [2.05, 4.69) is 57.3 Å². The van der Waals surface area contributed by atoms with Crippen LogP contribution in [0.5, 0.6) is 5.75 Å². The molecule has 3 aromatic rings. The van der Waals surface area contributed by atoms with Gasteiger partial charge in [-0.25, -0.2) is 0 Å². The van der Waals surface area contributed by atoms with Crippen LogP contribution in [0.1, 0.15) is 23.3 Å². The van der Waals surface area contributed by atoms with Gasteiger partial charge in [-0.2, -0.15) is 4.98 Å². The van der Waals surface area contributed by atoms with Crippen LogP contribution in [0, 0.1) is 0 Å². The monoisotopic (exact) mass is 364 g/mol. The maximum absolute atomic E-state index is 5.68. The van der Waals surface area contributed by atoms with Crippen LogP contribution in [-0.4, -0.2) is 46.6 Å². The molecule has 0 aliphatic carbocycles. The van der Waals surface area contributed by atoms with E-state index in [0.29, 0.717) is 30.9 Å². The zero-order valence-corrected chi connectivity index (χ0v) is 15.5. The van der Waals surface area contributed by atoms with Gasteiger partial charge in [0.15, 0.2) is 6.61 Å². The lowest BCUT2D eigenvalue weighted by Gasteiger charge is -2.39. The van der Waals surface area contributed by atoms with E-state index in [1.807, 2.05) is 30.3 Å². The van der Waals surface area contributed by atoms with Crippen molar-refractivity contribution < 1.29 is 9.26 Å². The van der Waals surface area contributed by atoms with Crippen LogP contribution in [0.25, 0.3) is 0 Å². The van der Waals surface area contributed by atoms with Crippen LogP contribution in [0.3, 0.4) is 0 Å². The fraction of sp³-hybridized carbons (Fsp3) is 0.333. The second kappa shape index (κ2) is 8.33. The predicted molar refractivity (Wildman–Crippen MR) is 102 cm³/mol. The maximum atomic E-state index is 5.68. The normalized spacial score (nSPS) is 18.5. The minimum atomic E-state index is 0.308. The molecule has 4 rings (SSSR count). The summed E-state index contributed by atoms with van der Waals surface area (Å²) in [7, 11) is 2.18. The molecule has 0 spiro atoms. The van der Waals surface area contributed by atoms with Gasteiger partial charge in [-0.15, -0.1) is 0 Å². The number of aromatic nitrogens is 2. The van der Waals surface area contributed by atoms with Gasteiger partial charge in [0.05, 0.1) is 6.54 Å². The number of benzene rings is 2. The molecule has 140 valence electrons. The molecule has 0 amide bonds. The first-order valence-electron chi connectivity index (χ1n) is 9.25. The fourth-order valence-electron chi connectivity index (χ4n) is 3.38. The number of hydrogen-bond acceptors (Lipinski definition) is 6. The summed E-state index contributed by atoms with van der Waals surface area (Å²) in [5.41, 5.74) is 1.34. The van der Waals surface area contributed by atoms with Crippen LogP contribution in [0.15, 0.2) is 65.2 Å². The Balaban J connectivity index is 1.34. The van der Waals surface area contributed by atoms with Crippen molar-refractivity contribution in [3.05, 3.63) is 77.9 Å². The highest BCUT2D eigenvalue weighted by atomic mass is 16.5. The maximum Gasteiger partial charge on any atom is 0.240 e. The van der Waals surface area contributed by atoms with Gasteiger partial charge in [0.25, 0.3) is 0 Å². The van der Waals surface area contributed by atoms with E-state index < -0.39 is 0 Å². The van der Waals surface area contributed by atoms with E-state index in [9.17, 15) is 0 Å². The fourth-order valence-corrected chi connectivity index (χ4v) is 3.38. The van der Waals surface area contributed by atoms with Crippen molar-refractivity contribution in [3.8, 4) is 5.75 Å². The van der Waals surface area contributed by atoms with Crippen LogP contribution in [-0.2, 0) is 13.2 Å². The van der Waals surface area contributed by atoms with E-state index in [-0.39, 0.29) is 0 Å². The minimum absolute atomic E-state index is 0.308.